The Kier molecular flexibility index (Phi) is 5.33. The molecule has 0 radical (unpaired) electrons. The van der Waals surface area contributed by atoms with Crippen LogP contribution >= 0.6 is 15.9 Å². The minimum Gasteiger partial charge on any atom is -0.490 e. The van der Waals surface area contributed by atoms with Crippen LogP contribution in [0.25, 0.3) is 0 Å². The van der Waals surface area contributed by atoms with Gasteiger partial charge in [-0.25, -0.2) is 0 Å². The smallest absolute Gasteiger partial charge is 0.126 e. The number of hydrogen-bond acceptors (Lipinski definition) is 3. The topological polar surface area (TPSA) is 41.5 Å². The summed E-state index contributed by atoms with van der Waals surface area (Å²) in [5.74, 6) is 1.05. The number of aliphatic hydroxyl groups is 1. The minimum atomic E-state index is -0.819. The highest BCUT2D eigenvalue weighted by atomic mass is 79.9. The quantitative estimate of drug-likeness (QED) is 0.781. The summed E-state index contributed by atoms with van der Waals surface area (Å²) in [6.45, 7) is 9.01. The lowest BCUT2D eigenvalue weighted by Gasteiger charge is -2.28. The van der Waals surface area contributed by atoms with E-state index in [-0.39, 0.29) is 5.92 Å². The van der Waals surface area contributed by atoms with Gasteiger partial charge in [0.15, 0.2) is 0 Å². The van der Waals surface area contributed by atoms with Crippen LogP contribution in [0.15, 0.2) is 16.6 Å². The molecule has 1 aromatic carbocycles. The summed E-state index contributed by atoms with van der Waals surface area (Å²) >= 11 is 3.55. The van der Waals surface area contributed by atoms with E-state index in [2.05, 4.69) is 33.4 Å². The SMILES string of the molecule is Cc1cc(Br)cc(CNC2CC2)c1OCC(C)(O)C(C)C. The normalized spacial score (nSPS) is 17.9. The highest BCUT2D eigenvalue weighted by Gasteiger charge is 2.27. The predicted octanol–water partition coefficient (Wildman–Crippen LogP) is 3.80. The summed E-state index contributed by atoms with van der Waals surface area (Å²) in [5.41, 5.74) is 1.42. The Bertz CT molecular complexity index is 496. The molecule has 1 aromatic rings. The van der Waals surface area contributed by atoms with Gasteiger partial charge in [-0.05, 0) is 50.3 Å². The first kappa shape index (κ1) is 16.8. The molecule has 4 heteroatoms. The van der Waals surface area contributed by atoms with Crippen LogP contribution in [0.3, 0.4) is 0 Å². The van der Waals surface area contributed by atoms with Crippen molar-refractivity contribution in [2.24, 2.45) is 5.92 Å². The first-order valence-corrected chi connectivity index (χ1v) is 8.46. The molecule has 0 aromatic heterocycles. The molecule has 0 spiro atoms. The van der Waals surface area contributed by atoms with Gasteiger partial charge < -0.3 is 15.2 Å². The molecule has 1 unspecified atom stereocenters. The fourth-order valence-corrected chi connectivity index (χ4v) is 2.68. The number of halogens is 1. The average Bonchev–Trinajstić information content (AvgIpc) is 3.18. The number of nitrogens with one attached hydrogen (secondary N) is 1. The number of ether oxygens (including phenoxy) is 1. The number of rotatable bonds is 7. The van der Waals surface area contributed by atoms with E-state index in [1.807, 2.05) is 27.7 Å². The molecule has 0 amide bonds. The molecule has 1 aliphatic carbocycles. The van der Waals surface area contributed by atoms with Crippen molar-refractivity contribution in [1.29, 1.82) is 0 Å². The molecule has 0 heterocycles. The molecule has 1 fully saturated rings. The Balaban J connectivity index is 2.11. The van der Waals surface area contributed by atoms with E-state index in [0.717, 1.165) is 27.9 Å². The van der Waals surface area contributed by atoms with Crippen LogP contribution in [-0.2, 0) is 6.54 Å². The number of aryl methyl sites for hydroxylation is 1. The zero-order valence-corrected chi connectivity index (χ0v) is 15.0. The van der Waals surface area contributed by atoms with E-state index in [9.17, 15) is 5.11 Å². The Labute approximate surface area is 136 Å². The summed E-state index contributed by atoms with van der Waals surface area (Å²) in [7, 11) is 0. The third kappa shape index (κ3) is 4.70. The van der Waals surface area contributed by atoms with Crippen molar-refractivity contribution >= 4 is 15.9 Å². The van der Waals surface area contributed by atoms with Gasteiger partial charge in [0, 0.05) is 22.6 Å². The Hall–Kier alpha value is -0.580. The van der Waals surface area contributed by atoms with Crippen LogP contribution in [0.1, 0.15) is 44.7 Å². The summed E-state index contributed by atoms with van der Waals surface area (Å²) in [6, 6.07) is 4.82. The maximum Gasteiger partial charge on any atom is 0.126 e. The van der Waals surface area contributed by atoms with Gasteiger partial charge >= 0.3 is 0 Å². The van der Waals surface area contributed by atoms with E-state index in [0.29, 0.717) is 12.6 Å². The first-order valence-electron chi connectivity index (χ1n) is 7.67. The maximum atomic E-state index is 10.4. The predicted molar refractivity (Wildman–Crippen MR) is 89.7 cm³/mol. The van der Waals surface area contributed by atoms with E-state index < -0.39 is 5.60 Å². The van der Waals surface area contributed by atoms with E-state index >= 15 is 0 Å². The lowest BCUT2D eigenvalue weighted by atomic mass is 9.93. The van der Waals surface area contributed by atoms with Crippen molar-refractivity contribution in [3.05, 3.63) is 27.7 Å². The van der Waals surface area contributed by atoms with Crippen LogP contribution < -0.4 is 10.1 Å². The molecule has 1 aliphatic rings. The fraction of sp³-hybridized carbons (Fsp3) is 0.647. The Morgan fingerprint density at radius 2 is 2.10 bits per heavy atom. The standard InChI is InChI=1S/C17H26BrNO2/c1-11(2)17(4,20)10-21-16-12(3)7-14(18)8-13(16)9-19-15-5-6-15/h7-8,11,15,19-20H,5-6,9-10H2,1-4H3. The third-order valence-corrected chi connectivity index (χ3v) is 4.69. The zero-order chi connectivity index (χ0) is 15.6. The lowest BCUT2D eigenvalue weighted by molar-refractivity contribution is -0.0270. The summed E-state index contributed by atoms with van der Waals surface area (Å²) in [4.78, 5) is 0. The van der Waals surface area contributed by atoms with Gasteiger partial charge in [-0.1, -0.05) is 29.8 Å². The van der Waals surface area contributed by atoms with Crippen molar-refractivity contribution in [2.75, 3.05) is 6.61 Å². The highest BCUT2D eigenvalue weighted by Crippen LogP contribution is 2.30. The lowest BCUT2D eigenvalue weighted by Crippen LogP contribution is -2.38. The molecule has 2 N–H and O–H groups in total. The number of hydrogen-bond donors (Lipinski definition) is 2. The van der Waals surface area contributed by atoms with Crippen molar-refractivity contribution in [1.82, 2.24) is 5.32 Å². The van der Waals surface area contributed by atoms with Crippen molar-refractivity contribution in [2.45, 2.75) is 58.7 Å². The molecule has 0 saturated heterocycles. The van der Waals surface area contributed by atoms with Gasteiger partial charge in [0.2, 0.25) is 0 Å². The van der Waals surface area contributed by atoms with Crippen LogP contribution in [0.2, 0.25) is 0 Å². The van der Waals surface area contributed by atoms with Gasteiger partial charge in [0.05, 0.1) is 5.60 Å². The molecule has 0 bridgehead atoms. The first-order chi connectivity index (χ1) is 9.79. The highest BCUT2D eigenvalue weighted by molar-refractivity contribution is 9.10. The van der Waals surface area contributed by atoms with Crippen LogP contribution in [0.4, 0.5) is 0 Å². The molecule has 118 valence electrons. The molecular formula is C17H26BrNO2. The maximum absolute atomic E-state index is 10.4. The third-order valence-electron chi connectivity index (χ3n) is 4.23. The van der Waals surface area contributed by atoms with Gasteiger partial charge in [-0.2, -0.15) is 0 Å². The van der Waals surface area contributed by atoms with E-state index in [4.69, 9.17) is 4.74 Å². The van der Waals surface area contributed by atoms with E-state index in [1.165, 1.54) is 12.8 Å². The fourth-order valence-electron chi connectivity index (χ4n) is 2.06. The Morgan fingerprint density at radius 3 is 2.67 bits per heavy atom. The second kappa shape index (κ2) is 6.67. The van der Waals surface area contributed by atoms with Crippen LogP contribution in [0, 0.1) is 12.8 Å². The number of benzene rings is 1. The Morgan fingerprint density at radius 1 is 1.43 bits per heavy atom. The average molecular weight is 356 g/mol. The molecule has 0 aliphatic heterocycles. The summed E-state index contributed by atoms with van der Waals surface area (Å²) in [6.07, 6.45) is 2.54. The summed E-state index contributed by atoms with van der Waals surface area (Å²) < 4.78 is 7.06. The van der Waals surface area contributed by atoms with Crippen LogP contribution in [-0.4, -0.2) is 23.4 Å². The minimum absolute atomic E-state index is 0.154. The van der Waals surface area contributed by atoms with Gasteiger partial charge in [-0.3, -0.25) is 0 Å². The van der Waals surface area contributed by atoms with Crippen molar-refractivity contribution in [3.63, 3.8) is 0 Å². The molecule has 3 nitrogen and oxygen atoms in total. The second-order valence-electron chi connectivity index (χ2n) is 6.67. The molecular weight excluding hydrogens is 330 g/mol. The summed E-state index contributed by atoms with van der Waals surface area (Å²) in [5, 5.41) is 13.9. The molecule has 1 saturated carbocycles. The van der Waals surface area contributed by atoms with Crippen molar-refractivity contribution in [3.8, 4) is 5.75 Å². The van der Waals surface area contributed by atoms with Crippen molar-refractivity contribution < 1.29 is 9.84 Å². The second-order valence-corrected chi connectivity index (χ2v) is 7.58. The molecule has 1 atom stereocenters. The molecule has 2 rings (SSSR count). The zero-order valence-electron chi connectivity index (χ0n) is 13.4. The molecule has 21 heavy (non-hydrogen) atoms. The van der Waals surface area contributed by atoms with Crippen LogP contribution in [0.5, 0.6) is 5.75 Å². The van der Waals surface area contributed by atoms with E-state index in [1.54, 1.807) is 0 Å². The van der Waals surface area contributed by atoms with Gasteiger partial charge in [-0.15, -0.1) is 0 Å². The largest absolute Gasteiger partial charge is 0.490 e. The monoisotopic (exact) mass is 355 g/mol. The van der Waals surface area contributed by atoms with Gasteiger partial charge in [0.25, 0.3) is 0 Å². The van der Waals surface area contributed by atoms with Gasteiger partial charge in [0.1, 0.15) is 12.4 Å².